The predicted octanol–water partition coefficient (Wildman–Crippen LogP) is 4.37. The zero-order valence-corrected chi connectivity index (χ0v) is 20.8. The molecule has 0 saturated heterocycles. The smallest absolute Gasteiger partial charge is 0.346 e. The van der Waals surface area contributed by atoms with Gasteiger partial charge in [-0.25, -0.2) is 13.2 Å². The van der Waals surface area contributed by atoms with Crippen molar-refractivity contribution in [3.63, 3.8) is 0 Å². The highest BCUT2D eigenvalue weighted by atomic mass is 35.5. The summed E-state index contributed by atoms with van der Waals surface area (Å²) in [6, 6.07) is 12.4. The van der Waals surface area contributed by atoms with Crippen LogP contribution in [0.25, 0.3) is 0 Å². The maximum Gasteiger partial charge on any atom is 0.346 e. The molecule has 0 saturated carbocycles. The first-order chi connectivity index (χ1) is 16.1. The molecule has 1 aliphatic heterocycles. The number of carboxylic acids is 1. The number of ether oxygens (including phenoxy) is 1. The summed E-state index contributed by atoms with van der Waals surface area (Å²) < 4.78 is 32.4. The normalized spacial score (nSPS) is 15.6. The summed E-state index contributed by atoms with van der Waals surface area (Å²) in [4.78, 5) is 26.5. The number of carboxylic acid groups (broad SMARTS) is 1. The molecule has 1 unspecified atom stereocenters. The van der Waals surface area contributed by atoms with E-state index in [2.05, 4.69) is 0 Å². The van der Waals surface area contributed by atoms with Crippen LogP contribution >= 0.6 is 34.5 Å². The topological polar surface area (TPSA) is 104 Å². The second kappa shape index (κ2) is 9.55. The summed E-state index contributed by atoms with van der Waals surface area (Å²) in [5, 5.41) is 11.6. The number of halogens is 2. The maximum absolute atomic E-state index is 13.4. The maximum atomic E-state index is 13.4. The minimum absolute atomic E-state index is 0.0645. The second-order valence-corrected chi connectivity index (χ2v) is 11.2. The van der Waals surface area contributed by atoms with Crippen molar-refractivity contribution in [3.8, 4) is 5.75 Å². The Morgan fingerprint density at radius 1 is 1.18 bits per heavy atom. The first kappa shape index (κ1) is 24.5. The average molecular weight is 541 g/mol. The van der Waals surface area contributed by atoms with Gasteiger partial charge in [-0.2, -0.15) is 4.31 Å². The van der Waals surface area contributed by atoms with Crippen molar-refractivity contribution in [3.05, 3.63) is 74.4 Å². The number of hydrogen-bond donors (Lipinski definition) is 1. The molecule has 1 N–H and O–H groups in total. The van der Waals surface area contributed by atoms with E-state index in [-0.39, 0.29) is 33.6 Å². The summed E-state index contributed by atoms with van der Waals surface area (Å²) in [6.07, 6.45) is -1.23. The Morgan fingerprint density at radius 3 is 2.53 bits per heavy atom. The van der Waals surface area contributed by atoms with E-state index in [1.54, 1.807) is 29.6 Å². The molecule has 4 rings (SSSR count). The number of nitrogens with zero attached hydrogens (tertiary/aromatic N) is 2. The van der Waals surface area contributed by atoms with Gasteiger partial charge in [-0.15, -0.1) is 11.3 Å². The molecular formula is C22H18Cl2N2O6S2. The van der Waals surface area contributed by atoms with Crippen LogP contribution in [-0.4, -0.2) is 49.4 Å². The minimum atomic E-state index is -3.82. The van der Waals surface area contributed by atoms with Crippen molar-refractivity contribution in [2.24, 2.45) is 0 Å². The Bertz CT molecular complexity index is 1360. The highest BCUT2D eigenvalue weighted by molar-refractivity contribution is 7.89. The fourth-order valence-corrected chi connectivity index (χ4v) is 5.99. The Hall–Kier alpha value is -2.63. The molecule has 2 aromatic carbocycles. The van der Waals surface area contributed by atoms with Gasteiger partial charge in [0.2, 0.25) is 16.1 Å². The van der Waals surface area contributed by atoms with Gasteiger partial charge >= 0.3 is 5.97 Å². The van der Waals surface area contributed by atoms with Crippen molar-refractivity contribution in [1.82, 2.24) is 4.31 Å². The Kier molecular flexibility index (Phi) is 6.88. The Labute approximate surface area is 209 Å². The average Bonchev–Trinajstić information content (AvgIpc) is 3.17. The fraction of sp³-hybridized carbons (Fsp3) is 0.182. The molecule has 1 aromatic heterocycles. The molecule has 1 aliphatic rings. The monoisotopic (exact) mass is 540 g/mol. The van der Waals surface area contributed by atoms with Crippen LogP contribution in [-0.2, 0) is 21.4 Å². The molecule has 12 heteroatoms. The third-order valence-electron chi connectivity index (χ3n) is 5.20. The van der Waals surface area contributed by atoms with Gasteiger partial charge in [-0.1, -0.05) is 35.3 Å². The Morgan fingerprint density at radius 2 is 1.85 bits per heavy atom. The number of hydrogen-bond acceptors (Lipinski definition) is 6. The van der Waals surface area contributed by atoms with Crippen LogP contribution in [0.4, 0.5) is 5.69 Å². The number of thiophene rings is 1. The van der Waals surface area contributed by atoms with Crippen molar-refractivity contribution in [2.75, 3.05) is 18.5 Å². The number of carbonyl (C=O) groups is 2. The van der Waals surface area contributed by atoms with Crippen LogP contribution in [0.5, 0.6) is 5.75 Å². The number of fused-ring (bicyclic) bond motifs is 1. The number of anilines is 1. The van der Waals surface area contributed by atoms with Gasteiger partial charge in [-0.05, 0) is 47.3 Å². The quantitative estimate of drug-likeness (QED) is 0.497. The van der Waals surface area contributed by atoms with Crippen LogP contribution < -0.4 is 9.64 Å². The lowest BCUT2D eigenvalue weighted by Gasteiger charge is -2.32. The molecule has 1 atom stereocenters. The number of sulfonamides is 1. The summed E-state index contributed by atoms with van der Waals surface area (Å²) in [5.41, 5.74) is 0.879. The van der Waals surface area contributed by atoms with Gasteiger partial charge in [0.1, 0.15) is 10.6 Å². The van der Waals surface area contributed by atoms with Gasteiger partial charge in [0, 0.05) is 18.6 Å². The number of benzene rings is 2. The first-order valence-electron chi connectivity index (χ1n) is 9.87. The van der Waals surface area contributed by atoms with Crippen LogP contribution in [0.1, 0.15) is 15.2 Å². The van der Waals surface area contributed by atoms with Crippen LogP contribution in [0.15, 0.2) is 58.8 Å². The van der Waals surface area contributed by atoms with Crippen molar-refractivity contribution < 1.29 is 27.9 Å². The highest BCUT2D eigenvalue weighted by Gasteiger charge is 2.35. The number of rotatable bonds is 6. The van der Waals surface area contributed by atoms with Gasteiger partial charge in [-0.3, -0.25) is 9.69 Å². The molecule has 0 bridgehead atoms. The predicted molar refractivity (Wildman–Crippen MR) is 130 cm³/mol. The van der Waals surface area contributed by atoms with E-state index in [9.17, 15) is 23.1 Å². The van der Waals surface area contributed by atoms with Crippen LogP contribution in [0, 0.1) is 0 Å². The molecule has 2 heterocycles. The molecular weight excluding hydrogens is 523 g/mol. The molecule has 0 fully saturated rings. The zero-order chi connectivity index (χ0) is 24.6. The van der Waals surface area contributed by atoms with Gasteiger partial charge in [0.25, 0.3) is 5.91 Å². The highest BCUT2D eigenvalue weighted by Crippen LogP contribution is 2.37. The van der Waals surface area contributed by atoms with Crippen molar-refractivity contribution >= 4 is 62.1 Å². The second-order valence-electron chi connectivity index (χ2n) is 7.45. The van der Waals surface area contributed by atoms with Gasteiger partial charge < -0.3 is 9.84 Å². The lowest BCUT2D eigenvalue weighted by atomic mass is 10.1. The first-order valence-corrected chi connectivity index (χ1v) is 12.9. The fourth-order valence-electron chi connectivity index (χ4n) is 3.42. The molecule has 8 nitrogen and oxygen atoms in total. The molecule has 0 radical (unpaired) electrons. The minimum Gasteiger partial charge on any atom is -0.478 e. The standard InChI is InChI=1S/C22H18Cl2N2O6S2/c1-25(34(30,31)15-8-6-14(23)7-9-15)10-13-12-33-20(19(13)24)21(27)26-11-18(22(28)29)32-17-5-3-2-4-16(17)26/h2-9,12,18H,10-11H2,1H3,(H,28,29). The SMILES string of the molecule is CN(Cc1csc(C(=O)N2CC(C(=O)O)Oc3ccccc32)c1Cl)S(=O)(=O)c1ccc(Cl)cc1. The molecule has 34 heavy (non-hydrogen) atoms. The number of carbonyl (C=O) groups excluding carboxylic acids is 1. The zero-order valence-electron chi connectivity index (χ0n) is 17.6. The number of amides is 1. The van der Waals surface area contributed by atoms with E-state index in [1.807, 2.05) is 0 Å². The number of aliphatic carboxylic acids is 1. The lowest BCUT2D eigenvalue weighted by Crippen LogP contribution is -2.47. The third kappa shape index (κ3) is 4.64. The van der Waals surface area contributed by atoms with E-state index in [0.717, 1.165) is 15.6 Å². The Balaban J connectivity index is 1.59. The number of para-hydroxylation sites is 2. The lowest BCUT2D eigenvalue weighted by molar-refractivity contribution is -0.144. The third-order valence-corrected chi connectivity index (χ3v) is 8.83. The molecule has 178 valence electrons. The molecule has 0 spiro atoms. The van der Waals surface area contributed by atoms with E-state index in [4.69, 9.17) is 27.9 Å². The summed E-state index contributed by atoms with van der Waals surface area (Å²) in [5.74, 6) is -1.41. The summed E-state index contributed by atoms with van der Waals surface area (Å²) >= 11 is 13.4. The van der Waals surface area contributed by atoms with E-state index in [0.29, 0.717) is 16.3 Å². The van der Waals surface area contributed by atoms with E-state index < -0.39 is 28.0 Å². The van der Waals surface area contributed by atoms with E-state index >= 15 is 0 Å². The van der Waals surface area contributed by atoms with Gasteiger partial charge in [0.15, 0.2) is 0 Å². The van der Waals surface area contributed by atoms with E-state index in [1.165, 1.54) is 36.2 Å². The van der Waals surface area contributed by atoms with Crippen molar-refractivity contribution in [1.29, 1.82) is 0 Å². The largest absolute Gasteiger partial charge is 0.478 e. The van der Waals surface area contributed by atoms with Crippen molar-refractivity contribution in [2.45, 2.75) is 17.5 Å². The van der Waals surface area contributed by atoms with Crippen LogP contribution in [0.2, 0.25) is 10.0 Å². The summed E-state index contributed by atoms with van der Waals surface area (Å²) in [7, 11) is -2.40. The molecule has 0 aliphatic carbocycles. The molecule has 1 amide bonds. The summed E-state index contributed by atoms with van der Waals surface area (Å²) in [6.45, 7) is -0.259. The van der Waals surface area contributed by atoms with Gasteiger partial charge in [0.05, 0.1) is 22.2 Å². The molecule has 3 aromatic rings. The van der Waals surface area contributed by atoms with Crippen LogP contribution in [0.3, 0.4) is 0 Å².